The molecule has 0 saturated carbocycles. The molecule has 0 saturated heterocycles. The van der Waals surface area contributed by atoms with Gasteiger partial charge in [0.05, 0.1) is 9.77 Å². The number of Topliss-reactive ketones (excluding diaryl/α,β-unsaturated/α-hetero) is 1. The third kappa shape index (κ3) is 4.94. The lowest BCUT2D eigenvalue weighted by Crippen LogP contribution is -2.33. The number of hydrogen-bond acceptors (Lipinski definition) is 6. The Morgan fingerprint density at radius 3 is 2.36 bits per heavy atom. The first-order valence-corrected chi connectivity index (χ1v) is 9.43. The molecule has 0 unspecified atom stereocenters. The second-order valence-electron chi connectivity index (χ2n) is 5.21. The quantitative estimate of drug-likeness (QED) is 0.539. The molecule has 0 aliphatic heterocycles. The molecule has 0 aliphatic carbocycles. The van der Waals surface area contributed by atoms with E-state index in [1.807, 2.05) is 6.92 Å². The Balaban J connectivity index is 1.93. The first kappa shape index (κ1) is 19.2. The minimum Gasteiger partial charge on any atom is -0.456 e. The number of rotatable bonds is 7. The van der Waals surface area contributed by atoms with Gasteiger partial charge < -0.3 is 4.74 Å². The highest BCUT2D eigenvalue weighted by atomic mass is 32.2. The van der Waals surface area contributed by atoms with Crippen LogP contribution in [0.2, 0.25) is 0 Å². The normalized spacial score (nSPS) is 11.5. The van der Waals surface area contributed by atoms with Gasteiger partial charge in [-0.05, 0) is 43.3 Å². The molecule has 25 heavy (non-hydrogen) atoms. The summed E-state index contributed by atoms with van der Waals surface area (Å²) in [6.07, 6.45) is 0. The summed E-state index contributed by atoms with van der Waals surface area (Å²) in [7, 11) is -2.76. The number of carbonyl (C=O) groups excluding carboxylic acids is 2. The summed E-state index contributed by atoms with van der Waals surface area (Å²) in [6.45, 7) is 0.836. The smallest absolute Gasteiger partial charge is 0.321 e. The molecule has 2 aromatic rings. The van der Waals surface area contributed by atoms with Gasteiger partial charge >= 0.3 is 5.97 Å². The Morgan fingerprint density at radius 1 is 1.16 bits per heavy atom. The zero-order chi connectivity index (χ0) is 18.6. The molecule has 0 bridgehead atoms. The molecule has 0 radical (unpaired) electrons. The fourth-order valence-electron chi connectivity index (χ4n) is 1.90. The van der Waals surface area contributed by atoms with Crippen LogP contribution in [0.15, 0.2) is 41.3 Å². The maximum atomic E-state index is 12.9. The number of aryl methyl sites for hydroxylation is 1. The van der Waals surface area contributed by atoms with Crippen LogP contribution in [-0.4, -0.2) is 44.7 Å². The predicted octanol–water partition coefficient (Wildman–Crippen LogP) is 2.24. The standard InChI is InChI=1S/C16H16FNO5S2/c1-11-3-8-15(24-11)14(19)10-23-16(20)9-18(2)25(21,22)13-6-4-12(17)5-7-13/h3-8H,9-10H2,1-2H3. The number of ether oxygens (including phenoxy) is 1. The van der Waals surface area contributed by atoms with Gasteiger partial charge in [-0.15, -0.1) is 11.3 Å². The number of benzene rings is 1. The second kappa shape index (κ2) is 7.85. The van der Waals surface area contributed by atoms with E-state index in [1.54, 1.807) is 12.1 Å². The maximum Gasteiger partial charge on any atom is 0.321 e. The average Bonchev–Trinajstić information content (AvgIpc) is 2.99. The molecular formula is C16H16FNO5S2. The number of halogens is 1. The summed E-state index contributed by atoms with van der Waals surface area (Å²) in [5.41, 5.74) is 0. The zero-order valence-electron chi connectivity index (χ0n) is 13.6. The van der Waals surface area contributed by atoms with Crippen LogP contribution in [0.5, 0.6) is 0 Å². The summed E-state index contributed by atoms with van der Waals surface area (Å²) in [5, 5.41) is 0. The van der Waals surface area contributed by atoms with Crippen molar-refractivity contribution in [3.05, 3.63) is 52.0 Å². The zero-order valence-corrected chi connectivity index (χ0v) is 15.2. The number of ketones is 1. The molecule has 0 amide bonds. The van der Waals surface area contributed by atoms with Crippen LogP contribution in [-0.2, 0) is 19.6 Å². The topological polar surface area (TPSA) is 80.8 Å². The molecule has 0 atom stereocenters. The van der Waals surface area contributed by atoms with Gasteiger partial charge in [0.2, 0.25) is 15.8 Å². The summed E-state index contributed by atoms with van der Waals surface area (Å²) in [5.74, 6) is -1.77. The molecule has 134 valence electrons. The fourth-order valence-corrected chi connectivity index (χ4v) is 3.81. The van der Waals surface area contributed by atoms with Crippen molar-refractivity contribution in [2.24, 2.45) is 0 Å². The maximum absolute atomic E-state index is 12.9. The van der Waals surface area contributed by atoms with Crippen LogP contribution in [0.3, 0.4) is 0 Å². The predicted molar refractivity (Wildman–Crippen MR) is 90.6 cm³/mol. The van der Waals surface area contributed by atoms with E-state index in [9.17, 15) is 22.4 Å². The number of nitrogens with zero attached hydrogens (tertiary/aromatic N) is 1. The number of likely N-dealkylation sites (N-methyl/N-ethyl adjacent to an activating group) is 1. The SMILES string of the molecule is Cc1ccc(C(=O)COC(=O)CN(C)S(=O)(=O)c2ccc(F)cc2)s1. The van der Waals surface area contributed by atoms with Crippen molar-refractivity contribution in [3.8, 4) is 0 Å². The third-order valence-corrected chi connectivity index (χ3v) is 6.11. The Kier molecular flexibility index (Phi) is 6.04. The van der Waals surface area contributed by atoms with Crippen LogP contribution >= 0.6 is 11.3 Å². The Labute approximate surface area is 148 Å². The first-order chi connectivity index (χ1) is 11.7. The van der Waals surface area contributed by atoms with Crippen molar-refractivity contribution >= 4 is 33.1 Å². The van der Waals surface area contributed by atoms with Crippen LogP contribution in [0, 0.1) is 12.7 Å². The molecule has 1 heterocycles. The monoisotopic (exact) mass is 385 g/mol. The molecule has 1 aromatic heterocycles. The van der Waals surface area contributed by atoms with Gasteiger partial charge in [-0.25, -0.2) is 12.8 Å². The highest BCUT2D eigenvalue weighted by Crippen LogP contribution is 2.16. The average molecular weight is 385 g/mol. The number of esters is 1. The molecule has 6 nitrogen and oxygen atoms in total. The first-order valence-electron chi connectivity index (χ1n) is 7.17. The minimum absolute atomic E-state index is 0.144. The summed E-state index contributed by atoms with van der Waals surface area (Å²) in [4.78, 5) is 24.9. The molecule has 0 spiro atoms. The lowest BCUT2D eigenvalue weighted by atomic mass is 10.3. The Hall–Kier alpha value is -2.10. The second-order valence-corrected chi connectivity index (χ2v) is 8.54. The Morgan fingerprint density at radius 2 is 1.80 bits per heavy atom. The molecule has 9 heteroatoms. The molecule has 1 aromatic carbocycles. The lowest BCUT2D eigenvalue weighted by molar-refractivity contribution is -0.142. The largest absolute Gasteiger partial charge is 0.456 e. The molecule has 0 aliphatic rings. The molecule has 0 fully saturated rings. The van der Waals surface area contributed by atoms with Crippen molar-refractivity contribution < 1.29 is 27.1 Å². The van der Waals surface area contributed by atoms with Gasteiger partial charge in [0, 0.05) is 11.9 Å². The lowest BCUT2D eigenvalue weighted by Gasteiger charge is -2.16. The minimum atomic E-state index is -3.96. The number of sulfonamides is 1. The van der Waals surface area contributed by atoms with E-state index in [0.717, 1.165) is 33.4 Å². The van der Waals surface area contributed by atoms with Gasteiger partial charge in [-0.2, -0.15) is 4.31 Å². The van der Waals surface area contributed by atoms with E-state index in [4.69, 9.17) is 4.74 Å². The van der Waals surface area contributed by atoms with Crippen molar-refractivity contribution in [3.63, 3.8) is 0 Å². The number of thiophene rings is 1. The van der Waals surface area contributed by atoms with E-state index in [1.165, 1.54) is 18.4 Å². The summed E-state index contributed by atoms with van der Waals surface area (Å²) in [6, 6.07) is 7.66. The van der Waals surface area contributed by atoms with Crippen LogP contribution < -0.4 is 0 Å². The van der Waals surface area contributed by atoms with Crippen molar-refractivity contribution in [2.45, 2.75) is 11.8 Å². The number of carbonyl (C=O) groups is 2. The van der Waals surface area contributed by atoms with E-state index >= 15 is 0 Å². The van der Waals surface area contributed by atoms with Gasteiger partial charge in [0.25, 0.3) is 0 Å². The summed E-state index contributed by atoms with van der Waals surface area (Å²) < 4.78 is 43.1. The van der Waals surface area contributed by atoms with Crippen LogP contribution in [0.4, 0.5) is 4.39 Å². The van der Waals surface area contributed by atoms with Crippen LogP contribution in [0.25, 0.3) is 0 Å². The van der Waals surface area contributed by atoms with Gasteiger partial charge in [0.1, 0.15) is 12.4 Å². The molecule has 0 N–H and O–H groups in total. The van der Waals surface area contributed by atoms with E-state index in [-0.39, 0.29) is 10.7 Å². The van der Waals surface area contributed by atoms with Crippen LogP contribution in [0.1, 0.15) is 14.5 Å². The van der Waals surface area contributed by atoms with E-state index in [2.05, 4.69) is 0 Å². The molecular weight excluding hydrogens is 369 g/mol. The van der Waals surface area contributed by atoms with Crippen molar-refractivity contribution in [1.82, 2.24) is 4.31 Å². The van der Waals surface area contributed by atoms with Gasteiger partial charge in [-0.1, -0.05) is 0 Å². The summed E-state index contributed by atoms with van der Waals surface area (Å²) >= 11 is 1.29. The highest BCUT2D eigenvalue weighted by Gasteiger charge is 2.24. The highest BCUT2D eigenvalue weighted by molar-refractivity contribution is 7.89. The Bertz CT molecular complexity index is 874. The van der Waals surface area contributed by atoms with Crippen molar-refractivity contribution in [2.75, 3.05) is 20.2 Å². The number of hydrogen-bond donors (Lipinski definition) is 0. The van der Waals surface area contributed by atoms with Gasteiger partial charge in [0.15, 0.2) is 6.61 Å². The van der Waals surface area contributed by atoms with Crippen molar-refractivity contribution in [1.29, 1.82) is 0 Å². The van der Waals surface area contributed by atoms with E-state index < -0.39 is 35.0 Å². The molecule has 2 rings (SSSR count). The fraction of sp³-hybridized carbons (Fsp3) is 0.250. The third-order valence-electron chi connectivity index (χ3n) is 3.25. The van der Waals surface area contributed by atoms with Gasteiger partial charge in [-0.3, -0.25) is 9.59 Å². The van der Waals surface area contributed by atoms with E-state index in [0.29, 0.717) is 4.88 Å².